The maximum atomic E-state index is 12.7. The van der Waals surface area contributed by atoms with Gasteiger partial charge in [-0.2, -0.15) is 5.26 Å². The number of para-hydroxylation sites is 1. The van der Waals surface area contributed by atoms with Crippen LogP contribution in [0.15, 0.2) is 66.2 Å². The van der Waals surface area contributed by atoms with Crippen molar-refractivity contribution in [1.82, 2.24) is 0 Å². The summed E-state index contributed by atoms with van der Waals surface area (Å²) in [5.74, 6) is 0.0334. The number of benzene rings is 3. The van der Waals surface area contributed by atoms with Crippen LogP contribution in [-0.4, -0.2) is 26.1 Å². The fraction of sp³-hybridized carbons (Fsp3) is 0.148. The third kappa shape index (κ3) is 5.61. The van der Waals surface area contributed by atoms with Crippen LogP contribution in [-0.2, 0) is 4.79 Å². The van der Waals surface area contributed by atoms with Gasteiger partial charge in [-0.15, -0.1) is 0 Å². The quantitative estimate of drug-likeness (QED) is 0.230. The summed E-state index contributed by atoms with van der Waals surface area (Å²) < 4.78 is 15.9. The normalized spacial score (nSPS) is 10.7. The number of amides is 1. The molecule has 0 aliphatic rings. The van der Waals surface area contributed by atoms with Crippen molar-refractivity contribution in [2.45, 2.75) is 13.8 Å². The summed E-state index contributed by atoms with van der Waals surface area (Å²) in [7, 11) is 2.98. The number of nitrogens with zero attached hydrogens (tertiary/aromatic N) is 1. The summed E-state index contributed by atoms with van der Waals surface area (Å²) in [6.45, 7) is 3.77. The molecule has 0 aromatic heterocycles. The lowest BCUT2D eigenvalue weighted by molar-refractivity contribution is -0.112. The van der Waals surface area contributed by atoms with Crippen molar-refractivity contribution in [3.8, 4) is 23.3 Å². The summed E-state index contributed by atoms with van der Waals surface area (Å²) in [4.78, 5) is 25.2. The standard InChI is InChI=1S/C27H24N2O5/c1-17-6-5-7-18(2)25(17)29-26(30)21(16-28)14-19-8-13-23(24(15-19)33-4)34-27(31)20-9-11-22(32-3)12-10-20/h5-15H,1-4H3,(H,29,30)/b21-14+. The molecule has 0 unspecified atom stereocenters. The zero-order valence-corrected chi connectivity index (χ0v) is 19.3. The highest BCUT2D eigenvalue weighted by Gasteiger charge is 2.15. The van der Waals surface area contributed by atoms with Gasteiger partial charge >= 0.3 is 5.97 Å². The van der Waals surface area contributed by atoms with Crippen LogP contribution >= 0.6 is 0 Å². The number of methoxy groups -OCH3 is 2. The Morgan fingerprint density at radius 2 is 1.59 bits per heavy atom. The topological polar surface area (TPSA) is 97.7 Å². The summed E-state index contributed by atoms with van der Waals surface area (Å²) >= 11 is 0. The van der Waals surface area contributed by atoms with Crippen LogP contribution < -0.4 is 19.5 Å². The van der Waals surface area contributed by atoms with Crippen LogP contribution in [0.1, 0.15) is 27.0 Å². The largest absolute Gasteiger partial charge is 0.497 e. The Morgan fingerprint density at radius 1 is 0.912 bits per heavy atom. The van der Waals surface area contributed by atoms with E-state index in [1.807, 2.05) is 38.1 Å². The molecule has 0 aliphatic heterocycles. The molecule has 172 valence electrons. The van der Waals surface area contributed by atoms with E-state index in [-0.39, 0.29) is 17.1 Å². The number of aryl methyl sites for hydroxylation is 2. The first-order chi connectivity index (χ1) is 16.4. The molecular formula is C27H24N2O5. The molecule has 0 saturated carbocycles. The summed E-state index contributed by atoms with van der Waals surface area (Å²) in [5.41, 5.74) is 3.28. The van der Waals surface area contributed by atoms with E-state index in [4.69, 9.17) is 14.2 Å². The Hall–Kier alpha value is -4.57. The molecule has 0 heterocycles. The molecule has 34 heavy (non-hydrogen) atoms. The van der Waals surface area contributed by atoms with Gasteiger partial charge in [0.2, 0.25) is 0 Å². The number of ether oxygens (including phenoxy) is 3. The highest BCUT2D eigenvalue weighted by Crippen LogP contribution is 2.30. The van der Waals surface area contributed by atoms with Gasteiger partial charge in [0, 0.05) is 5.69 Å². The fourth-order valence-electron chi connectivity index (χ4n) is 3.25. The lowest BCUT2D eigenvalue weighted by atomic mass is 10.1. The van der Waals surface area contributed by atoms with Crippen molar-refractivity contribution in [1.29, 1.82) is 5.26 Å². The molecule has 0 radical (unpaired) electrons. The number of hydrogen-bond acceptors (Lipinski definition) is 6. The van der Waals surface area contributed by atoms with Crippen LogP contribution in [0.2, 0.25) is 0 Å². The van der Waals surface area contributed by atoms with Crippen molar-refractivity contribution < 1.29 is 23.8 Å². The van der Waals surface area contributed by atoms with Crippen molar-refractivity contribution >= 4 is 23.6 Å². The maximum Gasteiger partial charge on any atom is 0.343 e. The Kier molecular flexibility index (Phi) is 7.67. The van der Waals surface area contributed by atoms with Gasteiger partial charge in [0.25, 0.3) is 5.91 Å². The van der Waals surface area contributed by atoms with Gasteiger partial charge in [-0.3, -0.25) is 4.79 Å². The van der Waals surface area contributed by atoms with Gasteiger partial charge in [-0.25, -0.2) is 4.79 Å². The minimum Gasteiger partial charge on any atom is -0.497 e. The number of anilines is 1. The monoisotopic (exact) mass is 456 g/mol. The predicted octanol–water partition coefficient (Wildman–Crippen LogP) is 5.09. The van der Waals surface area contributed by atoms with E-state index in [9.17, 15) is 14.9 Å². The van der Waals surface area contributed by atoms with Gasteiger partial charge in [0.1, 0.15) is 17.4 Å². The third-order valence-corrected chi connectivity index (χ3v) is 5.11. The summed E-state index contributed by atoms with van der Waals surface area (Å²) in [5, 5.41) is 12.4. The van der Waals surface area contributed by atoms with E-state index in [2.05, 4.69) is 5.32 Å². The highest BCUT2D eigenvalue weighted by molar-refractivity contribution is 6.10. The minimum atomic E-state index is -0.560. The van der Waals surface area contributed by atoms with E-state index in [1.165, 1.54) is 13.2 Å². The molecule has 0 atom stereocenters. The Balaban J connectivity index is 1.81. The molecule has 3 aromatic carbocycles. The molecule has 0 saturated heterocycles. The van der Waals surface area contributed by atoms with Gasteiger partial charge in [0.15, 0.2) is 11.5 Å². The Morgan fingerprint density at radius 3 is 2.18 bits per heavy atom. The van der Waals surface area contributed by atoms with Gasteiger partial charge in [0.05, 0.1) is 19.8 Å². The molecule has 0 spiro atoms. The molecule has 1 amide bonds. The Bertz CT molecular complexity index is 1270. The van der Waals surface area contributed by atoms with E-state index < -0.39 is 11.9 Å². The van der Waals surface area contributed by atoms with Crippen molar-refractivity contribution in [2.75, 3.05) is 19.5 Å². The highest BCUT2D eigenvalue weighted by atomic mass is 16.6. The number of nitrogens with one attached hydrogen (secondary N) is 1. The zero-order valence-electron chi connectivity index (χ0n) is 19.3. The first-order valence-electron chi connectivity index (χ1n) is 10.4. The number of carbonyl (C=O) groups is 2. The average molecular weight is 456 g/mol. The van der Waals surface area contributed by atoms with Crippen LogP contribution in [0.25, 0.3) is 6.08 Å². The Labute approximate surface area is 198 Å². The lowest BCUT2D eigenvalue weighted by Crippen LogP contribution is -2.15. The maximum absolute atomic E-state index is 12.7. The molecular weight excluding hydrogens is 432 g/mol. The smallest absolute Gasteiger partial charge is 0.343 e. The summed E-state index contributed by atoms with van der Waals surface area (Å²) in [6.07, 6.45) is 1.44. The molecule has 0 bridgehead atoms. The first kappa shape index (κ1) is 24.1. The van der Waals surface area contributed by atoms with Crippen LogP contribution in [0.3, 0.4) is 0 Å². The molecule has 0 fully saturated rings. The molecule has 7 nitrogen and oxygen atoms in total. The molecule has 0 aliphatic carbocycles. The minimum absolute atomic E-state index is 0.0762. The lowest BCUT2D eigenvalue weighted by Gasteiger charge is -2.12. The molecule has 7 heteroatoms. The van der Waals surface area contributed by atoms with E-state index in [0.717, 1.165) is 11.1 Å². The number of rotatable bonds is 7. The average Bonchev–Trinajstić information content (AvgIpc) is 2.85. The van der Waals surface area contributed by atoms with Crippen molar-refractivity contribution in [2.24, 2.45) is 0 Å². The second-order valence-corrected chi connectivity index (χ2v) is 7.42. The van der Waals surface area contributed by atoms with Gasteiger partial charge in [-0.1, -0.05) is 24.3 Å². The number of esters is 1. The fourth-order valence-corrected chi connectivity index (χ4v) is 3.25. The predicted molar refractivity (Wildman–Crippen MR) is 129 cm³/mol. The number of carbonyl (C=O) groups excluding carboxylic acids is 2. The number of hydrogen-bond donors (Lipinski definition) is 1. The zero-order chi connectivity index (χ0) is 24.7. The van der Waals surface area contributed by atoms with E-state index in [0.29, 0.717) is 22.6 Å². The van der Waals surface area contributed by atoms with Crippen LogP contribution in [0, 0.1) is 25.2 Å². The second kappa shape index (κ2) is 10.8. The summed E-state index contributed by atoms with van der Waals surface area (Å²) in [6, 6.07) is 18.9. The molecule has 1 N–H and O–H groups in total. The van der Waals surface area contributed by atoms with Crippen molar-refractivity contribution in [3.05, 3.63) is 88.5 Å². The molecule has 3 aromatic rings. The van der Waals surface area contributed by atoms with Gasteiger partial charge < -0.3 is 19.5 Å². The third-order valence-electron chi connectivity index (χ3n) is 5.11. The van der Waals surface area contributed by atoms with E-state index >= 15 is 0 Å². The SMILES string of the molecule is COc1ccc(C(=O)Oc2ccc(/C=C(\C#N)C(=O)Nc3c(C)cccc3C)cc2OC)cc1. The van der Waals surface area contributed by atoms with Crippen LogP contribution in [0.4, 0.5) is 5.69 Å². The first-order valence-corrected chi connectivity index (χ1v) is 10.4. The van der Waals surface area contributed by atoms with Crippen molar-refractivity contribution in [3.63, 3.8) is 0 Å². The number of nitriles is 1. The van der Waals surface area contributed by atoms with Gasteiger partial charge in [-0.05, 0) is 73.0 Å². The van der Waals surface area contributed by atoms with E-state index in [1.54, 1.807) is 49.6 Å². The van der Waals surface area contributed by atoms with Crippen LogP contribution in [0.5, 0.6) is 17.2 Å². The molecule has 3 rings (SSSR count). The second-order valence-electron chi connectivity index (χ2n) is 7.42.